The molecule has 8 heteroatoms. The van der Waals surface area contributed by atoms with Gasteiger partial charge < -0.3 is 9.88 Å². The SMILES string of the molecule is Cn1ccnc1Sc1ccc(NC(=O)C23CCC(=O)N2c2ccccc2S3)cc1. The van der Waals surface area contributed by atoms with Gasteiger partial charge in [-0.2, -0.15) is 0 Å². The number of para-hydroxylation sites is 1. The molecule has 0 radical (unpaired) electrons. The third-order valence-corrected chi connectivity index (χ3v) is 7.69. The number of hydrogen-bond donors (Lipinski definition) is 1. The summed E-state index contributed by atoms with van der Waals surface area (Å²) in [5, 5.41) is 3.92. The number of fused-ring (bicyclic) bond motifs is 3. The van der Waals surface area contributed by atoms with Gasteiger partial charge in [-0.15, -0.1) is 0 Å². The Bertz CT molecular complexity index is 1110. The number of aryl methyl sites for hydroxylation is 1. The smallest absolute Gasteiger partial charge is 0.261 e. The molecule has 5 rings (SSSR count). The Balaban J connectivity index is 1.35. The quantitative estimate of drug-likeness (QED) is 0.685. The first kappa shape index (κ1) is 18.3. The van der Waals surface area contributed by atoms with Gasteiger partial charge in [-0.25, -0.2) is 4.98 Å². The lowest BCUT2D eigenvalue weighted by atomic mass is 10.1. The van der Waals surface area contributed by atoms with Gasteiger partial charge in [0.1, 0.15) is 0 Å². The number of imidazole rings is 1. The number of anilines is 2. The molecule has 146 valence electrons. The Hall–Kier alpha value is -2.71. The van der Waals surface area contributed by atoms with Crippen LogP contribution in [0.15, 0.2) is 75.9 Å². The van der Waals surface area contributed by atoms with Gasteiger partial charge in [0.25, 0.3) is 5.91 Å². The Morgan fingerprint density at radius 2 is 2.00 bits per heavy atom. The van der Waals surface area contributed by atoms with E-state index in [4.69, 9.17) is 0 Å². The predicted octanol–water partition coefficient (Wildman–Crippen LogP) is 4.14. The molecule has 29 heavy (non-hydrogen) atoms. The van der Waals surface area contributed by atoms with Crippen LogP contribution in [0.4, 0.5) is 11.4 Å². The van der Waals surface area contributed by atoms with Crippen LogP contribution in [-0.4, -0.2) is 26.2 Å². The first-order chi connectivity index (χ1) is 14.1. The molecule has 0 bridgehead atoms. The van der Waals surface area contributed by atoms with Gasteiger partial charge in [0.15, 0.2) is 10.0 Å². The zero-order valence-corrected chi connectivity index (χ0v) is 17.3. The highest BCUT2D eigenvalue weighted by atomic mass is 32.2. The standard InChI is InChI=1S/C21H18N4O2S2/c1-24-13-12-22-20(24)28-15-8-6-14(7-9-15)23-19(27)21-11-10-18(26)25(21)16-4-2-3-5-17(16)29-21/h2-9,12-13H,10-11H2,1H3,(H,23,27). The van der Waals surface area contributed by atoms with Crippen molar-refractivity contribution in [2.75, 3.05) is 10.2 Å². The van der Waals surface area contributed by atoms with Crippen molar-refractivity contribution >= 4 is 46.7 Å². The van der Waals surface area contributed by atoms with Crippen molar-refractivity contribution in [1.29, 1.82) is 0 Å². The molecule has 3 aromatic rings. The molecular formula is C21H18N4O2S2. The molecule has 1 N–H and O–H groups in total. The van der Waals surface area contributed by atoms with E-state index in [1.165, 1.54) is 11.8 Å². The van der Waals surface area contributed by atoms with Crippen LogP contribution >= 0.6 is 23.5 Å². The fourth-order valence-corrected chi connectivity index (χ4v) is 5.90. The maximum atomic E-state index is 13.3. The summed E-state index contributed by atoms with van der Waals surface area (Å²) in [5.74, 6) is -0.159. The van der Waals surface area contributed by atoms with Crippen molar-refractivity contribution in [3.63, 3.8) is 0 Å². The highest BCUT2D eigenvalue weighted by molar-refractivity contribution is 8.02. The first-order valence-corrected chi connectivity index (χ1v) is 10.9. The second kappa shape index (κ2) is 6.96. The minimum absolute atomic E-state index is 0.000541. The van der Waals surface area contributed by atoms with E-state index in [1.54, 1.807) is 22.9 Å². The predicted molar refractivity (Wildman–Crippen MR) is 114 cm³/mol. The number of nitrogens with zero attached hydrogens (tertiary/aromatic N) is 3. The monoisotopic (exact) mass is 422 g/mol. The molecule has 3 heterocycles. The minimum atomic E-state index is -0.902. The van der Waals surface area contributed by atoms with Gasteiger partial charge in [0, 0.05) is 41.3 Å². The van der Waals surface area contributed by atoms with E-state index in [0.29, 0.717) is 18.5 Å². The van der Waals surface area contributed by atoms with Crippen LogP contribution in [0.25, 0.3) is 0 Å². The molecule has 2 aromatic carbocycles. The van der Waals surface area contributed by atoms with Crippen LogP contribution in [0.2, 0.25) is 0 Å². The normalized spacial score (nSPS) is 19.9. The van der Waals surface area contributed by atoms with Crippen LogP contribution in [0.5, 0.6) is 0 Å². The average Bonchev–Trinajstić information content (AvgIpc) is 3.38. The van der Waals surface area contributed by atoms with Gasteiger partial charge in [0.05, 0.1) is 5.69 Å². The number of aromatic nitrogens is 2. The Labute approximate surface area is 176 Å². The maximum absolute atomic E-state index is 13.3. The van der Waals surface area contributed by atoms with Crippen LogP contribution < -0.4 is 10.2 Å². The maximum Gasteiger partial charge on any atom is 0.261 e. The van der Waals surface area contributed by atoms with Crippen molar-refractivity contribution in [1.82, 2.24) is 9.55 Å². The molecule has 1 saturated heterocycles. The largest absolute Gasteiger partial charge is 0.329 e. The molecule has 6 nitrogen and oxygen atoms in total. The average molecular weight is 423 g/mol. The van der Waals surface area contributed by atoms with Crippen LogP contribution in [0, 0.1) is 0 Å². The van der Waals surface area contributed by atoms with Gasteiger partial charge >= 0.3 is 0 Å². The lowest BCUT2D eigenvalue weighted by molar-refractivity contribution is -0.121. The van der Waals surface area contributed by atoms with E-state index >= 15 is 0 Å². The number of amides is 2. The zero-order chi connectivity index (χ0) is 20.0. The van der Waals surface area contributed by atoms with Gasteiger partial charge in [-0.3, -0.25) is 14.5 Å². The minimum Gasteiger partial charge on any atom is -0.329 e. The van der Waals surface area contributed by atoms with Crippen LogP contribution in [0.1, 0.15) is 12.8 Å². The van der Waals surface area contributed by atoms with Crippen molar-refractivity contribution in [2.45, 2.75) is 32.7 Å². The molecule has 2 aliphatic heterocycles. The summed E-state index contributed by atoms with van der Waals surface area (Å²) < 4.78 is 1.96. The van der Waals surface area contributed by atoms with Crippen LogP contribution in [0.3, 0.4) is 0 Å². The van der Waals surface area contributed by atoms with E-state index in [1.807, 2.05) is 66.3 Å². The van der Waals surface area contributed by atoms with E-state index in [-0.39, 0.29) is 11.8 Å². The topological polar surface area (TPSA) is 67.2 Å². The number of rotatable bonds is 4. The van der Waals surface area contributed by atoms with Gasteiger partial charge in [-0.05, 0) is 42.8 Å². The van der Waals surface area contributed by atoms with Gasteiger partial charge in [0.2, 0.25) is 5.91 Å². The number of carbonyl (C=O) groups excluding carboxylic acids is 2. The van der Waals surface area contributed by atoms with Crippen molar-refractivity contribution in [3.8, 4) is 0 Å². The van der Waals surface area contributed by atoms with E-state index < -0.39 is 4.87 Å². The summed E-state index contributed by atoms with van der Waals surface area (Å²) in [5.41, 5.74) is 1.54. The number of benzene rings is 2. The number of hydrogen-bond acceptors (Lipinski definition) is 5. The fraction of sp³-hybridized carbons (Fsp3) is 0.190. The summed E-state index contributed by atoms with van der Waals surface area (Å²) in [7, 11) is 1.95. The van der Waals surface area contributed by atoms with Crippen molar-refractivity contribution < 1.29 is 9.59 Å². The highest BCUT2D eigenvalue weighted by Gasteiger charge is 2.57. The summed E-state index contributed by atoms with van der Waals surface area (Å²) in [4.78, 5) is 32.9. The molecule has 0 aliphatic carbocycles. The zero-order valence-electron chi connectivity index (χ0n) is 15.7. The highest BCUT2D eigenvalue weighted by Crippen LogP contribution is 2.56. The fourth-order valence-electron chi connectivity index (χ4n) is 3.69. The number of nitrogens with one attached hydrogen (secondary N) is 1. The number of carbonyl (C=O) groups is 2. The summed E-state index contributed by atoms with van der Waals surface area (Å²) in [6.07, 6.45) is 4.56. The van der Waals surface area contributed by atoms with Gasteiger partial charge in [-0.1, -0.05) is 35.7 Å². The van der Waals surface area contributed by atoms with E-state index in [0.717, 1.165) is 20.6 Å². The molecule has 1 aromatic heterocycles. The van der Waals surface area contributed by atoms with E-state index in [9.17, 15) is 9.59 Å². The second-order valence-corrected chi connectivity index (χ2v) is 9.34. The number of thioether (sulfide) groups is 1. The summed E-state index contributed by atoms with van der Waals surface area (Å²) in [6.45, 7) is 0. The molecular weight excluding hydrogens is 404 g/mol. The Kier molecular flexibility index (Phi) is 4.40. The van der Waals surface area contributed by atoms with Crippen LogP contribution in [-0.2, 0) is 16.6 Å². The molecule has 0 spiro atoms. The second-order valence-electron chi connectivity index (χ2n) is 6.98. The van der Waals surface area contributed by atoms with E-state index in [2.05, 4.69) is 10.3 Å². The third-order valence-electron chi connectivity index (χ3n) is 5.13. The molecule has 1 unspecified atom stereocenters. The first-order valence-electron chi connectivity index (χ1n) is 9.25. The molecule has 0 saturated carbocycles. The summed E-state index contributed by atoms with van der Waals surface area (Å²) >= 11 is 3.03. The van der Waals surface area contributed by atoms with Crippen molar-refractivity contribution in [3.05, 3.63) is 60.9 Å². The Morgan fingerprint density at radius 1 is 1.21 bits per heavy atom. The third kappa shape index (κ3) is 3.03. The lowest BCUT2D eigenvalue weighted by Gasteiger charge is -2.29. The lowest BCUT2D eigenvalue weighted by Crippen LogP contribution is -2.49. The molecule has 2 aliphatic rings. The molecule has 2 amide bonds. The molecule has 1 atom stereocenters. The van der Waals surface area contributed by atoms with Crippen molar-refractivity contribution in [2.24, 2.45) is 7.05 Å². The summed E-state index contributed by atoms with van der Waals surface area (Å²) in [6, 6.07) is 15.4. The molecule has 1 fully saturated rings. The Morgan fingerprint density at radius 3 is 2.76 bits per heavy atom.